The lowest BCUT2D eigenvalue weighted by Gasteiger charge is -2.28. The van der Waals surface area contributed by atoms with Gasteiger partial charge in [-0.2, -0.15) is 0 Å². The number of rotatable bonds is 4. The van der Waals surface area contributed by atoms with E-state index in [4.69, 9.17) is 0 Å². The molecule has 4 rings (SSSR count). The van der Waals surface area contributed by atoms with E-state index in [-0.39, 0.29) is 11.8 Å². The summed E-state index contributed by atoms with van der Waals surface area (Å²) < 4.78 is 0. The van der Waals surface area contributed by atoms with Crippen LogP contribution in [-0.2, 0) is 13.0 Å². The van der Waals surface area contributed by atoms with Crippen molar-refractivity contribution in [2.45, 2.75) is 13.0 Å². The van der Waals surface area contributed by atoms with Gasteiger partial charge in [0.1, 0.15) is 0 Å². The van der Waals surface area contributed by atoms with E-state index in [1.807, 2.05) is 48.5 Å². The lowest BCUT2D eigenvalue weighted by molar-refractivity contribution is 0.0949. The number of carbonyl (C=O) groups excluding carboxylic acids is 2. The lowest BCUT2D eigenvalue weighted by Crippen LogP contribution is -2.37. The van der Waals surface area contributed by atoms with Crippen LogP contribution in [0.5, 0.6) is 0 Å². The Hall–Kier alpha value is -3.47. The van der Waals surface area contributed by atoms with Crippen molar-refractivity contribution in [1.82, 2.24) is 10.3 Å². The summed E-state index contributed by atoms with van der Waals surface area (Å²) in [4.78, 5) is 30.6. The maximum atomic E-state index is 12.7. The minimum atomic E-state index is -0.157. The summed E-state index contributed by atoms with van der Waals surface area (Å²) in [5, 5.41) is 2.88. The Labute approximate surface area is 157 Å². The Morgan fingerprint density at radius 2 is 1.85 bits per heavy atom. The molecule has 3 aromatic rings. The van der Waals surface area contributed by atoms with Gasteiger partial charge in [0.05, 0.1) is 5.56 Å². The number of hydrogen-bond acceptors (Lipinski definition) is 3. The highest BCUT2D eigenvalue weighted by Crippen LogP contribution is 2.24. The molecule has 2 amide bonds. The van der Waals surface area contributed by atoms with Crippen molar-refractivity contribution in [3.05, 3.63) is 95.3 Å². The molecule has 0 fully saturated rings. The Bertz CT molecular complexity index is 968. The summed E-state index contributed by atoms with van der Waals surface area (Å²) in [5.41, 5.74) is 4.26. The maximum Gasteiger partial charge on any atom is 0.258 e. The molecule has 0 saturated carbocycles. The second-order valence-corrected chi connectivity index (χ2v) is 6.45. The standard InChI is InChI=1S/C22H19N3O2/c26-21(18-5-3-12-23-15-18)24-14-16-7-9-19(10-8-16)25-13-11-17-4-1-2-6-20(17)22(25)27/h1-10,12,15H,11,13-14H2,(H,24,26). The third-order valence-corrected chi connectivity index (χ3v) is 4.72. The summed E-state index contributed by atoms with van der Waals surface area (Å²) in [6, 6.07) is 19.0. The molecule has 5 heteroatoms. The van der Waals surface area contributed by atoms with Gasteiger partial charge in [0.25, 0.3) is 11.8 Å². The van der Waals surface area contributed by atoms with Crippen LogP contribution in [0, 0.1) is 0 Å². The topological polar surface area (TPSA) is 62.3 Å². The molecule has 2 aromatic carbocycles. The number of benzene rings is 2. The number of nitrogens with zero attached hydrogens (tertiary/aromatic N) is 2. The van der Waals surface area contributed by atoms with Gasteiger partial charge in [-0.3, -0.25) is 14.6 Å². The van der Waals surface area contributed by atoms with Gasteiger partial charge in [-0.1, -0.05) is 30.3 Å². The van der Waals surface area contributed by atoms with E-state index in [9.17, 15) is 9.59 Å². The normalized spacial score (nSPS) is 13.2. The Morgan fingerprint density at radius 1 is 1.04 bits per heavy atom. The molecule has 0 spiro atoms. The zero-order valence-corrected chi connectivity index (χ0v) is 14.8. The molecular formula is C22H19N3O2. The zero-order valence-electron chi connectivity index (χ0n) is 14.8. The first kappa shape index (κ1) is 17.0. The predicted molar refractivity (Wildman–Crippen MR) is 104 cm³/mol. The quantitative estimate of drug-likeness (QED) is 0.780. The predicted octanol–water partition coefficient (Wildman–Crippen LogP) is 3.21. The van der Waals surface area contributed by atoms with E-state index >= 15 is 0 Å². The van der Waals surface area contributed by atoms with Crippen LogP contribution in [0.1, 0.15) is 31.8 Å². The summed E-state index contributed by atoms with van der Waals surface area (Å²) in [5.74, 6) is -0.121. The largest absolute Gasteiger partial charge is 0.348 e. The second kappa shape index (κ2) is 7.41. The third-order valence-electron chi connectivity index (χ3n) is 4.72. The molecule has 0 radical (unpaired) electrons. The van der Waals surface area contributed by atoms with Crippen molar-refractivity contribution in [3.8, 4) is 0 Å². The monoisotopic (exact) mass is 357 g/mol. The van der Waals surface area contributed by atoms with Crippen molar-refractivity contribution in [2.24, 2.45) is 0 Å². The first-order valence-electron chi connectivity index (χ1n) is 8.89. The molecule has 1 aromatic heterocycles. The van der Waals surface area contributed by atoms with Gasteiger partial charge in [0.15, 0.2) is 0 Å². The van der Waals surface area contributed by atoms with Crippen molar-refractivity contribution >= 4 is 17.5 Å². The van der Waals surface area contributed by atoms with Gasteiger partial charge in [-0.15, -0.1) is 0 Å². The molecule has 1 aliphatic rings. The molecule has 5 nitrogen and oxygen atoms in total. The van der Waals surface area contributed by atoms with Gasteiger partial charge < -0.3 is 10.2 Å². The Balaban J connectivity index is 1.42. The van der Waals surface area contributed by atoms with E-state index in [2.05, 4.69) is 10.3 Å². The highest BCUT2D eigenvalue weighted by Gasteiger charge is 2.24. The molecule has 2 heterocycles. The molecule has 0 saturated heterocycles. The van der Waals surface area contributed by atoms with Crippen LogP contribution in [0.4, 0.5) is 5.69 Å². The van der Waals surface area contributed by atoms with Crippen molar-refractivity contribution in [2.75, 3.05) is 11.4 Å². The summed E-state index contributed by atoms with van der Waals surface area (Å²) in [7, 11) is 0. The van der Waals surface area contributed by atoms with Crippen LogP contribution < -0.4 is 10.2 Å². The lowest BCUT2D eigenvalue weighted by atomic mass is 9.98. The van der Waals surface area contributed by atoms with Gasteiger partial charge in [-0.25, -0.2) is 0 Å². The number of pyridine rings is 1. The van der Waals surface area contributed by atoms with Crippen LogP contribution in [0.3, 0.4) is 0 Å². The molecule has 0 unspecified atom stereocenters. The number of anilines is 1. The third kappa shape index (κ3) is 3.58. The van der Waals surface area contributed by atoms with Gasteiger partial charge >= 0.3 is 0 Å². The number of hydrogen-bond donors (Lipinski definition) is 1. The number of nitrogens with one attached hydrogen (secondary N) is 1. The number of amides is 2. The van der Waals surface area contributed by atoms with Gasteiger partial charge in [-0.05, 0) is 47.9 Å². The smallest absolute Gasteiger partial charge is 0.258 e. The van der Waals surface area contributed by atoms with Gasteiger partial charge in [0.2, 0.25) is 0 Å². The minimum Gasteiger partial charge on any atom is -0.348 e. The average molecular weight is 357 g/mol. The van der Waals surface area contributed by atoms with Crippen LogP contribution in [0.15, 0.2) is 73.1 Å². The molecule has 1 aliphatic heterocycles. The van der Waals surface area contributed by atoms with Crippen LogP contribution in [0.25, 0.3) is 0 Å². The fraction of sp³-hybridized carbons (Fsp3) is 0.136. The zero-order chi connectivity index (χ0) is 18.6. The molecule has 27 heavy (non-hydrogen) atoms. The molecule has 134 valence electrons. The van der Waals surface area contributed by atoms with E-state index in [0.29, 0.717) is 18.7 Å². The number of carbonyl (C=O) groups is 2. The van der Waals surface area contributed by atoms with Crippen molar-refractivity contribution in [3.63, 3.8) is 0 Å². The van der Waals surface area contributed by atoms with Gasteiger partial charge in [0, 0.05) is 36.7 Å². The van der Waals surface area contributed by atoms with Crippen molar-refractivity contribution in [1.29, 1.82) is 0 Å². The molecule has 0 atom stereocenters. The number of aromatic nitrogens is 1. The van der Waals surface area contributed by atoms with E-state index in [0.717, 1.165) is 28.8 Å². The maximum absolute atomic E-state index is 12.7. The Kier molecular flexibility index (Phi) is 4.66. The first-order valence-corrected chi connectivity index (χ1v) is 8.89. The molecule has 1 N–H and O–H groups in total. The fourth-order valence-electron chi connectivity index (χ4n) is 3.25. The highest BCUT2D eigenvalue weighted by molar-refractivity contribution is 6.08. The molecular weight excluding hydrogens is 338 g/mol. The minimum absolute atomic E-state index is 0.0366. The van der Waals surface area contributed by atoms with E-state index in [1.165, 1.54) is 6.20 Å². The Morgan fingerprint density at radius 3 is 2.63 bits per heavy atom. The van der Waals surface area contributed by atoms with Crippen LogP contribution in [-0.4, -0.2) is 23.3 Å². The van der Waals surface area contributed by atoms with Crippen LogP contribution in [0.2, 0.25) is 0 Å². The highest BCUT2D eigenvalue weighted by atomic mass is 16.2. The SMILES string of the molecule is O=C(NCc1ccc(N2CCc3ccccc3C2=O)cc1)c1cccnc1. The molecule has 0 bridgehead atoms. The van der Waals surface area contributed by atoms with E-state index < -0.39 is 0 Å². The average Bonchev–Trinajstić information content (AvgIpc) is 2.74. The van der Waals surface area contributed by atoms with E-state index in [1.54, 1.807) is 23.2 Å². The molecule has 0 aliphatic carbocycles. The van der Waals surface area contributed by atoms with Crippen LogP contribution >= 0.6 is 0 Å². The van der Waals surface area contributed by atoms with Crippen molar-refractivity contribution < 1.29 is 9.59 Å². The second-order valence-electron chi connectivity index (χ2n) is 6.45. The summed E-state index contributed by atoms with van der Waals surface area (Å²) in [6.07, 6.45) is 4.03. The summed E-state index contributed by atoms with van der Waals surface area (Å²) >= 11 is 0. The summed E-state index contributed by atoms with van der Waals surface area (Å²) in [6.45, 7) is 1.09. The fourth-order valence-corrected chi connectivity index (χ4v) is 3.25. The number of fused-ring (bicyclic) bond motifs is 1. The first-order chi connectivity index (χ1) is 13.2.